The maximum atomic E-state index is 8.36. The number of pyridine rings is 1. The third kappa shape index (κ3) is 8.05. The van der Waals surface area contributed by atoms with E-state index in [4.69, 9.17) is 17.9 Å². The monoisotopic (exact) mass is 885 g/mol. The molecule has 1 aliphatic rings. The Kier molecular flexibility index (Phi) is 9.03. The number of benzene rings is 7. The van der Waals surface area contributed by atoms with Crippen LogP contribution in [0.4, 0.5) is 22.7 Å². The van der Waals surface area contributed by atoms with Crippen molar-refractivity contribution in [3.63, 3.8) is 0 Å². The highest BCUT2D eigenvalue weighted by molar-refractivity contribution is 6.09. The molecule has 2 aromatic heterocycles. The van der Waals surface area contributed by atoms with E-state index >= 15 is 0 Å². The molecule has 0 bridgehead atoms. The Bertz CT molecular complexity index is 3430. The van der Waals surface area contributed by atoms with Gasteiger partial charge in [-0.1, -0.05) is 166 Å². The van der Waals surface area contributed by atoms with Gasteiger partial charge in [0.1, 0.15) is 24.0 Å². The first kappa shape index (κ1) is 37.0. The SMILES string of the molecule is [2H]C([2H])([2H])C(C)(c1ccnc(-n2c3ccccc3c3ccc(Oc4cc(N5CN(c6cc(C(C)(C)c7ccccc7)cc(C(C)(C)c7ccccc7)c6)c6ccccc65)cc(C(C)(C)C)c4)cc32)c1)C([2H])([2H])[2H]. The highest BCUT2D eigenvalue weighted by Gasteiger charge is 2.34. The van der Waals surface area contributed by atoms with E-state index in [1.54, 1.807) is 6.07 Å². The van der Waals surface area contributed by atoms with Crippen molar-refractivity contribution in [2.45, 2.75) is 90.8 Å². The lowest BCUT2D eigenvalue weighted by Crippen LogP contribution is -2.27. The van der Waals surface area contributed by atoms with Crippen molar-refractivity contribution in [2.75, 3.05) is 16.5 Å². The molecule has 0 fully saturated rings. The van der Waals surface area contributed by atoms with E-state index in [0.717, 1.165) is 50.1 Å². The van der Waals surface area contributed by atoms with E-state index in [1.807, 2.05) is 47.0 Å². The molecule has 0 saturated heterocycles. The number of hydrogen-bond donors (Lipinski definition) is 0. The Balaban J connectivity index is 1.07. The fourth-order valence-electron chi connectivity index (χ4n) is 9.67. The maximum absolute atomic E-state index is 8.36. The molecular formula is C62H62N4O. The zero-order chi connectivity index (χ0) is 51.9. The molecule has 0 unspecified atom stereocenters. The summed E-state index contributed by atoms with van der Waals surface area (Å²) in [6.45, 7) is 12.1. The van der Waals surface area contributed by atoms with Gasteiger partial charge in [0, 0.05) is 59.5 Å². The van der Waals surface area contributed by atoms with Crippen LogP contribution in [-0.4, -0.2) is 16.2 Å². The third-order valence-corrected chi connectivity index (χ3v) is 13.9. The van der Waals surface area contributed by atoms with Crippen molar-refractivity contribution in [1.82, 2.24) is 9.55 Å². The molecule has 7 aromatic carbocycles. The Labute approximate surface area is 405 Å². The van der Waals surface area contributed by atoms with E-state index in [1.165, 1.54) is 41.4 Å². The summed E-state index contributed by atoms with van der Waals surface area (Å²) in [6.07, 6.45) is 1.49. The predicted octanol–water partition coefficient (Wildman–Crippen LogP) is 16.5. The second kappa shape index (κ2) is 16.3. The number of hydrogen-bond acceptors (Lipinski definition) is 4. The van der Waals surface area contributed by atoms with Gasteiger partial charge in [-0.15, -0.1) is 0 Å². The van der Waals surface area contributed by atoms with E-state index in [-0.39, 0.29) is 21.8 Å². The molecule has 0 saturated carbocycles. The van der Waals surface area contributed by atoms with Gasteiger partial charge in [0.2, 0.25) is 0 Å². The smallest absolute Gasteiger partial charge is 0.137 e. The van der Waals surface area contributed by atoms with Crippen LogP contribution in [0.15, 0.2) is 182 Å². The fraction of sp³-hybridized carbons (Fsp3) is 0.242. The summed E-state index contributed by atoms with van der Waals surface area (Å²) in [5.74, 6) is 1.67. The van der Waals surface area contributed by atoms with Gasteiger partial charge in [-0.25, -0.2) is 4.98 Å². The zero-order valence-electron chi connectivity index (χ0n) is 45.7. The number of rotatable bonds is 9. The van der Waals surface area contributed by atoms with Crippen molar-refractivity contribution in [2.24, 2.45) is 0 Å². The number of para-hydroxylation sites is 3. The predicted molar refractivity (Wildman–Crippen MR) is 282 cm³/mol. The molecule has 0 amide bonds. The highest BCUT2D eigenvalue weighted by atomic mass is 16.5. The van der Waals surface area contributed by atoms with E-state index in [2.05, 4.69) is 180 Å². The van der Waals surface area contributed by atoms with Crippen LogP contribution in [0.1, 0.15) is 111 Å². The van der Waals surface area contributed by atoms with Crippen LogP contribution >= 0.6 is 0 Å². The first-order valence-electron chi connectivity index (χ1n) is 26.2. The first-order valence-corrected chi connectivity index (χ1v) is 23.2. The van der Waals surface area contributed by atoms with Crippen LogP contribution in [0, 0.1) is 0 Å². The summed E-state index contributed by atoms with van der Waals surface area (Å²) in [6, 6.07) is 60.8. The van der Waals surface area contributed by atoms with Crippen LogP contribution in [-0.2, 0) is 21.7 Å². The van der Waals surface area contributed by atoms with Crippen LogP contribution < -0.4 is 14.5 Å². The Hall–Kier alpha value is -7.11. The Morgan fingerprint density at radius 3 is 1.61 bits per heavy atom. The van der Waals surface area contributed by atoms with Crippen LogP contribution in [0.2, 0.25) is 0 Å². The van der Waals surface area contributed by atoms with Crippen molar-refractivity contribution in [1.29, 1.82) is 0 Å². The first-order chi connectivity index (χ1) is 34.5. The molecule has 0 spiro atoms. The number of nitrogens with zero attached hydrogens (tertiary/aromatic N) is 4. The second-order valence-corrected chi connectivity index (χ2v) is 20.4. The summed E-state index contributed by atoms with van der Waals surface area (Å²) in [7, 11) is 0. The molecule has 67 heavy (non-hydrogen) atoms. The summed E-state index contributed by atoms with van der Waals surface area (Å²) in [4.78, 5) is 9.53. The van der Waals surface area contributed by atoms with Crippen molar-refractivity contribution in [3.05, 3.63) is 216 Å². The molecule has 336 valence electrons. The summed E-state index contributed by atoms with van der Waals surface area (Å²) >= 11 is 0. The third-order valence-electron chi connectivity index (χ3n) is 13.9. The average Bonchev–Trinajstić information content (AvgIpc) is 3.92. The molecule has 0 N–H and O–H groups in total. The number of aromatic nitrogens is 2. The summed E-state index contributed by atoms with van der Waals surface area (Å²) in [5, 5.41) is 1.90. The Morgan fingerprint density at radius 1 is 0.448 bits per heavy atom. The van der Waals surface area contributed by atoms with Crippen LogP contribution in [0.3, 0.4) is 0 Å². The molecule has 0 atom stereocenters. The van der Waals surface area contributed by atoms with E-state index < -0.39 is 19.1 Å². The van der Waals surface area contributed by atoms with Gasteiger partial charge in [0.05, 0.1) is 22.4 Å². The quantitative estimate of drug-likeness (QED) is 0.145. The molecule has 0 radical (unpaired) electrons. The molecule has 9 aromatic rings. The van der Waals surface area contributed by atoms with Gasteiger partial charge >= 0.3 is 0 Å². The molecule has 0 aliphatic carbocycles. The zero-order valence-corrected chi connectivity index (χ0v) is 39.7. The maximum Gasteiger partial charge on any atom is 0.137 e. The standard InChI is InChI=1S/C62H62N4O/c1-59(2,3)44-31-32-63-58(38-44)66-54-26-18-17-25-52(54)53-30-29-50(40-57(53)66)67-51-37-45(60(4,5)6)34-49(39-51)65-41-64(55-27-19-20-28-56(55)65)48-35-46(61(7,8)42-21-13-11-14-22-42)33-47(36-48)62(9,10)43-23-15-12-16-24-43/h11-40H,41H2,1-10H3/i1D3,2D3. The summed E-state index contributed by atoms with van der Waals surface area (Å²) in [5.41, 5.74) is 9.21. The van der Waals surface area contributed by atoms with Gasteiger partial charge < -0.3 is 14.5 Å². The van der Waals surface area contributed by atoms with Crippen LogP contribution in [0.25, 0.3) is 27.6 Å². The topological polar surface area (TPSA) is 33.5 Å². The van der Waals surface area contributed by atoms with E-state index in [9.17, 15) is 0 Å². The number of anilines is 4. The van der Waals surface area contributed by atoms with Gasteiger partial charge in [0.25, 0.3) is 0 Å². The van der Waals surface area contributed by atoms with Crippen LogP contribution in [0.5, 0.6) is 11.5 Å². The average molecular weight is 885 g/mol. The van der Waals surface area contributed by atoms with E-state index in [0.29, 0.717) is 24.0 Å². The van der Waals surface area contributed by atoms with Gasteiger partial charge in [-0.2, -0.15) is 0 Å². The number of ether oxygens (including phenoxy) is 1. The largest absolute Gasteiger partial charge is 0.457 e. The number of fused-ring (bicyclic) bond motifs is 4. The fourth-order valence-corrected chi connectivity index (χ4v) is 9.67. The van der Waals surface area contributed by atoms with Crippen molar-refractivity contribution < 1.29 is 13.0 Å². The van der Waals surface area contributed by atoms with Crippen molar-refractivity contribution in [3.8, 4) is 17.3 Å². The van der Waals surface area contributed by atoms with Gasteiger partial charge in [-0.05, 0) is 111 Å². The molecule has 10 rings (SSSR count). The molecule has 5 nitrogen and oxygen atoms in total. The Morgan fingerprint density at radius 2 is 1.00 bits per heavy atom. The van der Waals surface area contributed by atoms with Crippen molar-refractivity contribution >= 4 is 44.6 Å². The minimum atomic E-state index is -2.82. The van der Waals surface area contributed by atoms with Gasteiger partial charge in [-0.3, -0.25) is 4.57 Å². The molecular weight excluding hydrogens is 817 g/mol. The normalized spacial score (nSPS) is 15.1. The summed E-state index contributed by atoms with van der Waals surface area (Å²) < 4.78 is 59.1. The van der Waals surface area contributed by atoms with Gasteiger partial charge in [0.15, 0.2) is 0 Å². The molecule has 5 heteroatoms. The lowest BCUT2D eigenvalue weighted by atomic mass is 9.73. The molecule has 1 aliphatic heterocycles. The lowest BCUT2D eigenvalue weighted by molar-refractivity contribution is 0.479. The highest BCUT2D eigenvalue weighted by Crippen LogP contribution is 2.48. The lowest BCUT2D eigenvalue weighted by Gasteiger charge is -2.33. The minimum Gasteiger partial charge on any atom is -0.457 e. The molecule has 3 heterocycles. The minimum absolute atomic E-state index is 0.157. The second-order valence-electron chi connectivity index (χ2n) is 20.4.